The molecule has 0 radical (unpaired) electrons. The molecule has 0 aliphatic rings. The van der Waals surface area contributed by atoms with Gasteiger partial charge < -0.3 is 15.5 Å². The van der Waals surface area contributed by atoms with E-state index in [0.717, 1.165) is 30.8 Å². The van der Waals surface area contributed by atoms with Crippen LogP contribution in [0.25, 0.3) is 5.69 Å². The van der Waals surface area contributed by atoms with Gasteiger partial charge in [-0.1, -0.05) is 30.3 Å². The quantitative estimate of drug-likeness (QED) is 0.560. The van der Waals surface area contributed by atoms with E-state index in [0.29, 0.717) is 13.1 Å². The lowest BCUT2D eigenvalue weighted by Crippen LogP contribution is -2.37. The highest BCUT2D eigenvalue weighted by Crippen LogP contribution is 2.12. The molecule has 28 heavy (non-hydrogen) atoms. The zero-order valence-electron chi connectivity index (χ0n) is 16.2. The van der Waals surface area contributed by atoms with E-state index in [1.54, 1.807) is 10.9 Å². The highest BCUT2D eigenvalue weighted by Gasteiger charge is 2.04. The van der Waals surface area contributed by atoms with Gasteiger partial charge in [0.1, 0.15) is 0 Å². The Morgan fingerprint density at radius 3 is 2.50 bits per heavy atom. The van der Waals surface area contributed by atoms with Gasteiger partial charge in [-0.05, 0) is 49.2 Å². The number of anilines is 1. The number of benzene rings is 2. The van der Waals surface area contributed by atoms with Gasteiger partial charge in [0.15, 0.2) is 0 Å². The molecule has 0 fully saturated rings. The summed E-state index contributed by atoms with van der Waals surface area (Å²) in [5, 5.41) is 10.0. The molecule has 1 heterocycles. The number of carbonyl (C=O) groups excluding carboxylic acids is 1. The Balaban J connectivity index is 1.35. The number of amides is 2. The Kier molecular flexibility index (Phi) is 7.07. The van der Waals surface area contributed by atoms with Crippen molar-refractivity contribution in [3.05, 3.63) is 78.6 Å². The predicted molar refractivity (Wildman–Crippen MR) is 113 cm³/mol. The monoisotopic (exact) mass is 377 g/mol. The standard InChI is InChI=1S/C22H27N5O/c1-2-26(20-8-4-3-5-9-20)16-6-14-23-22(28)24-18-19-10-12-21(13-11-19)27-17-7-15-25-27/h3-5,7-13,15,17H,2,6,14,16,18H2,1H3,(H2,23,24,28). The molecule has 0 aliphatic heterocycles. The topological polar surface area (TPSA) is 62.2 Å². The Morgan fingerprint density at radius 2 is 1.82 bits per heavy atom. The number of urea groups is 1. The van der Waals surface area contributed by atoms with Crippen molar-refractivity contribution in [1.29, 1.82) is 0 Å². The molecule has 0 aliphatic carbocycles. The summed E-state index contributed by atoms with van der Waals surface area (Å²) < 4.78 is 1.80. The van der Waals surface area contributed by atoms with E-state index in [1.807, 2.05) is 54.7 Å². The van der Waals surface area contributed by atoms with E-state index >= 15 is 0 Å². The Hall–Kier alpha value is -3.28. The fourth-order valence-corrected chi connectivity index (χ4v) is 3.01. The first kappa shape index (κ1) is 19.5. The molecule has 0 saturated heterocycles. The number of rotatable bonds is 9. The Morgan fingerprint density at radius 1 is 1.04 bits per heavy atom. The predicted octanol–water partition coefficient (Wildman–Crippen LogP) is 3.59. The van der Waals surface area contributed by atoms with E-state index in [9.17, 15) is 4.79 Å². The van der Waals surface area contributed by atoms with Crippen LogP contribution in [-0.2, 0) is 6.54 Å². The maximum atomic E-state index is 12.0. The molecule has 0 bridgehead atoms. The van der Waals surface area contributed by atoms with Gasteiger partial charge in [0.2, 0.25) is 0 Å². The van der Waals surface area contributed by atoms with Crippen molar-refractivity contribution < 1.29 is 4.79 Å². The van der Waals surface area contributed by atoms with E-state index in [2.05, 4.69) is 39.7 Å². The lowest BCUT2D eigenvalue weighted by Gasteiger charge is -2.23. The largest absolute Gasteiger partial charge is 0.372 e. The second-order valence-corrected chi connectivity index (χ2v) is 6.50. The van der Waals surface area contributed by atoms with E-state index < -0.39 is 0 Å². The molecule has 2 N–H and O–H groups in total. The third-order valence-corrected chi connectivity index (χ3v) is 4.55. The van der Waals surface area contributed by atoms with Crippen molar-refractivity contribution in [2.75, 3.05) is 24.5 Å². The van der Waals surface area contributed by atoms with Crippen LogP contribution in [0.3, 0.4) is 0 Å². The molecule has 2 amide bonds. The summed E-state index contributed by atoms with van der Waals surface area (Å²) in [6, 6.07) is 20.1. The highest BCUT2D eigenvalue weighted by molar-refractivity contribution is 5.73. The number of hydrogen-bond acceptors (Lipinski definition) is 3. The lowest BCUT2D eigenvalue weighted by molar-refractivity contribution is 0.240. The SMILES string of the molecule is CCN(CCCNC(=O)NCc1ccc(-n2cccn2)cc1)c1ccccc1. The molecule has 0 atom stereocenters. The molecule has 3 aromatic rings. The molecule has 6 nitrogen and oxygen atoms in total. The van der Waals surface area contributed by atoms with E-state index in [1.165, 1.54) is 5.69 Å². The second kappa shape index (κ2) is 10.2. The molecule has 1 aromatic heterocycles. The fraction of sp³-hybridized carbons (Fsp3) is 0.273. The summed E-state index contributed by atoms with van der Waals surface area (Å²) in [5.41, 5.74) is 3.26. The minimum absolute atomic E-state index is 0.140. The average Bonchev–Trinajstić information content (AvgIpc) is 3.28. The molecule has 6 heteroatoms. The first-order valence-electron chi connectivity index (χ1n) is 9.67. The maximum Gasteiger partial charge on any atom is 0.315 e. The van der Waals surface area contributed by atoms with Gasteiger partial charge in [0.05, 0.1) is 5.69 Å². The summed E-state index contributed by atoms with van der Waals surface area (Å²) in [7, 11) is 0. The van der Waals surface area contributed by atoms with Crippen molar-refractivity contribution in [3.63, 3.8) is 0 Å². The summed E-state index contributed by atoms with van der Waals surface area (Å²) in [4.78, 5) is 14.3. The number of nitrogens with zero attached hydrogens (tertiary/aromatic N) is 3. The van der Waals surface area contributed by atoms with Crippen LogP contribution < -0.4 is 15.5 Å². The minimum atomic E-state index is -0.140. The van der Waals surface area contributed by atoms with Gasteiger partial charge in [-0.15, -0.1) is 0 Å². The van der Waals surface area contributed by atoms with Crippen LogP contribution in [0.5, 0.6) is 0 Å². The normalized spacial score (nSPS) is 10.5. The van der Waals surface area contributed by atoms with Crippen molar-refractivity contribution >= 4 is 11.7 Å². The lowest BCUT2D eigenvalue weighted by atomic mass is 10.2. The molecule has 2 aromatic carbocycles. The van der Waals surface area contributed by atoms with Gasteiger partial charge in [-0.25, -0.2) is 9.48 Å². The van der Waals surface area contributed by atoms with Crippen LogP contribution in [-0.4, -0.2) is 35.4 Å². The van der Waals surface area contributed by atoms with Crippen molar-refractivity contribution in [1.82, 2.24) is 20.4 Å². The van der Waals surface area contributed by atoms with Crippen molar-refractivity contribution in [2.45, 2.75) is 19.9 Å². The summed E-state index contributed by atoms with van der Waals surface area (Å²) in [6.07, 6.45) is 4.55. The molecule has 146 valence electrons. The Bertz CT molecular complexity index is 831. The molecular weight excluding hydrogens is 350 g/mol. The number of hydrogen-bond donors (Lipinski definition) is 2. The zero-order valence-corrected chi connectivity index (χ0v) is 16.2. The fourth-order valence-electron chi connectivity index (χ4n) is 3.01. The molecule has 0 saturated carbocycles. The van der Waals surface area contributed by atoms with Gasteiger partial charge >= 0.3 is 6.03 Å². The number of nitrogens with one attached hydrogen (secondary N) is 2. The Labute approximate surface area is 166 Å². The molecular formula is C22H27N5O. The van der Waals surface area contributed by atoms with Crippen LogP contribution in [0.4, 0.5) is 10.5 Å². The van der Waals surface area contributed by atoms with Crippen LogP contribution in [0.1, 0.15) is 18.9 Å². The second-order valence-electron chi connectivity index (χ2n) is 6.50. The number of aromatic nitrogens is 2. The van der Waals surface area contributed by atoms with Gasteiger partial charge in [0.25, 0.3) is 0 Å². The first-order chi connectivity index (χ1) is 13.8. The molecule has 0 unspecified atom stereocenters. The van der Waals surface area contributed by atoms with E-state index in [4.69, 9.17) is 0 Å². The van der Waals surface area contributed by atoms with Crippen LogP contribution in [0.2, 0.25) is 0 Å². The summed E-state index contributed by atoms with van der Waals surface area (Å²) in [6.45, 7) is 5.15. The van der Waals surface area contributed by atoms with Crippen LogP contribution in [0, 0.1) is 0 Å². The van der Waals surface area contributed by atoms with Crippen molar-refractivity contribution in [2.24, 2.45) is 0 Å². The number of para-hydroxylation sites is 1. The van der Waals surface area contributed by atoms with Crippen molar-refractivity contribution in [3.8, 4) is 5.69 Å². The van der Waals surface area contributed by atoms with Gasteiger partial charge in [-0.3, -0.25) is 0 Å². The van der Waals surface area contributed by atoms with Gasteiger partial charge in [-0.2, -0.15) is 5.10 Å². The molecule has 3 rings (SSSR count). The smallest absolute Gasteiger partial charge is 0.315 e. The highest BCUT2D eigenvalue weighted by atomic mass is 16.2. The van der Waals surface area contributed by atoms with Gasteiger partial charge in [0, 0.05) is 44.3 Å². The maximum absolute atomic E-state index is 12.0. The van der Waals surface area contributed by atoms with Crippen LogP contribution >= 0.6 is 0 Å². The minimum Gasteiger partial charge on any atom is -0.372 e. The number of carbonyl (C=O) groups is 1. The summed E-state index contributed by atoms with van der Waals surface area (Å²) in [5.74, 6) is 0. The zero-order chi connectivity index (χ0) is 19.6. The summed E-state index contributed by atoms with van der Waals surface area (Å²) >= 11 is 0. The average molecular weight is 377 g/mol. The van der Waals surface area contributed by atoms with Crippen LogP contribution in [0.15, 0.2) is 73.1 Å². The third kappa shape index (κ3) is 5.61. The van der Waals surface area contributed by atoms with E-state index in [-0.39, 0.29) is 6.03 Å². The molecule has 0 spiro atoms. The third-order valence-electron chi connectivity index (χ3n) is 4.55. The first-order valence-corrected chi connectivity index (χ1v) is 9.67.